The van der Waals surface area contributed by atoms with Gasteiger partial charge in [-0.2, -0.15) is 0 Å². The summed E-state index contributed by atoms with van der Waals surface area (Å²) in [7, 11) is 0. The van der Waals surface area contributed by atoms with Gasteiger partial charge >= 0.3 is 12.1 Å². The first-order chi connectivity index (χ1) is 12.1. The first kappa shape index (κ1) is 16.6. The number of carboxylic acids is 1. The molecule has 0 spiro atoms. The molecule has 0 aromatic heterocycles. The molecule has 25 heavy (non-hydrogen) atoms. The molecule has 1 amide bonds. The fourth-order valence-corrected chi connectivity index (χ4v) is 2.56. The molecule has 1 aliphatic heterocycles. The number of carbonyl (C=O) groups is 2. The van der Waals surface area contributed by atoms with Crippen molar-refractivity contribution >= 4 is 23.3 Å². The van der Waals surface area contributed by atoms with Crippen LogP contribution >= 0.6 is 0 Å². The summed E-state index contributed by atoms with van der Waals surface area (Å²) >= 11 is 0. The summed E-state index contributed by atoms with van der Waals surface area (Å²) in [6.45, 7) is 0.0832. The van der Waals surface area contributed by atoms with E-state index in [0.29, 0.717) is 0 Å². The van der Waals surface area contributed by atoms with Crippen LogP contribution in [0.15, 0.2) is 60.8 Å². The van der Waals surface area contributed by atoms with Crippen molar-refractivity contribution < 1.29 is 19.4 Å². The highest BCUT2D eigenvalue weighted by molar-refractivity contribution is 5.85. The molecule has 6 nitrogen and oxygen atoms in total. The SMILES string of the molecule is O=C(NC(CC1=C[N]c2ccccc21)C(=O)O)OCc1ccccc1. The van der Waals surface area contributed by atoms with Gasteiger partial charge in [0.25, 0.3) is 0 Å². The summed E-state index contributed by atoms with van der Waals surface area (Å²) in [5.41, 5.74) is 3.28. The van der Waals surface area contributed by atoms with Crippen LogP contribution in [0.2, 0.25) is 0 Å². The second-order valence-corrected chi connectivity index (χ2v) is 5.60. The van der Waals surface area contributed by atoms with Gasteiger partial charge in [0.1, 0.15) is 12.6 Å². The molecule has 1 radical (unpaired) electrons. The molecule has 127 valence electrons. The van der Waals surface area contributed by atoms with Crippen molar-refractivity contribution in [1.29, 1.82) is 0 Å². The van der Waals surface area contributed by atoms with Crippen LogP contribution in [-0.4, -0.2) is 23.2 Å². The van der Waals surface area contributed by atoms with E-state index in [2.05, 4.69) is 10.6 Å². The zero-order chi connectivity index (χ0) is 17.6. The van der Waals surface area contributed by atoms with Crippen LogP contribution in [0.25, 0.3) is 5.57 Å². The molecule has 0 fully saturated rings. The van der Waals surface area contributed by atoms with Gasteiger partial charge in [-0.3, -0.25) is 5.32 Å². The predicted octanol–water partition coefficient (Wildman–Crippen LogP) is 3.05. The van der Waals surface area contributed by atoms with E-state index >= 15 is 0 Å². The van der Waals surface area contributed by atoms with E-state index in [9.17, 15) is 14.7 Å². The van der Waals surface area contributed by atoms with Crippen LogP contribution in [0.1, 0.15) is 17.5 Å². The number of carboxylic acid groups (broad SMARTS) is 1. The fourth-order valence-electron chi connectivity index (χ4n) is 2.56. The summed E-state index contributed by atoms with van der Waals surface area (Å²) in [4.78, 5) is 23.4. The molecule has 1 unspecified atom stereocenters. The minimum absolute atomic E-state index is 0.0832. The lowest BCUT2D eigenvalue weighted by atomic mass is 10.0. The van der Waals surface area contributed by atoms with Crippen molar-refractivity contribution in [3.8, 4) is 0 Å². The van der Waals surface area contributed by atoms with Crippen LogP contribution in [-0.2, 0) is 16.1 Å². The number of hydrogen-bond donors (Lipinski definition) is 2. The molecule has 0 saturated heterocycles. The van der Waals surface area contributed by atoms with Crippen LogP contribution in [0.3, 0.4) is 0 Å². The number of fused-ring (bicyclic) bond motifs is 1. The van der Waals surface area contributed by atoms with Crippen molar-refractivity contribution in [2.24, 2.45) is 0 Å². The van der Waals surface area contributed by atoms with Gasteiger partial charge in [-0.1, -0.05) is 48.5 Å². The highest BCUT2D eigenvalue weighted by atomic mass is 16.5. The normalized spacial score (nSPS) is 13.2. The molecule has 6 heteroatoms. The fraction of sp³-hybridized carbons (Fsp3) is 0.158. The van der Waals surface area contributed by atoms with Crippen molar-refractivity contribution in [1.82, 2.24) is 10.6 Å². The number of amides is 1. The minimum Gasteiger partial charge on any atom is -0.480 e. The Bertz CT molecular complexity index is 802. The van der Waals surface area contributed by atoms with E-state index in [4.69, 9.17) is 4.74 Å². The number of aliphatic carboxylic acids is 1. The highest BCUT2D eigenvalue weighted by Gasteiger charge is 2.25. The molecular formula is C19H17N2O4. The molecule has 1 aliphatic rings. The number of nitrogens with one attached hydrogen (secondary N) is 1. The Hall–Kier alpha value is -3.28. The zero-order valence-electron chi connectivity index (χ0n) is 13.4. The number of ether oxygens (including phenoxy) is 1. The molecule has 1 atom stereocenters. The Morgan fingerprint density at radius 1 is 1.08 bits per heavy atom. The van der Waals surface area contributed by atoms with E-state index in [0.717, 1.165) is 22.4 Å². The number of rotatable bonds is 6. The highest BCUT2D eigenvalue weighted by Crippen LogP contribution is 2.32. The van der Waals surface area contributed by atoms with E-state index < -0.39 is 18.1 Å². The van der Waals surface area contributed by atoms with E-state index in [-0.39, 0.29) is 13.0 Å². The molecule has 0 saturated carbocycles. The van der Waals surface area contributed by atoms with Gasteiger partial charge < -0.3 is 15.2 Å². The largest absolute Gasteiger partial charge is 0.480 e. The molecule has 0 aliphatic carbocycles. The molecule has 1 heterocycles. The first-order valence-electron chi connectivity index (χ1n) is 7.83. The van der Waals surface area contributed by atoms with E-state index in [1.807, 2.05) is 54.6 Å². The predicted molar refractivity (Wildman–Crippen MR) is 92.0 cm³/mol. The Kier molecular flexibility index (Phi) is 4.99. The van der Waals surface area contributed by atoms with Crippen molar-refractivity contribution in [2.45, 2.75) is 19.1 Å². The monoisotopic (exact) mass is 337 g/mol. The van der Waals surface area contributed by atoms with Crippen molar-refractivity contribution in [3.63, 3.8) is 0 Å². The second kappa shape index (κ2) is 7.53. The number of nitrogens with zero attached hydrogens (tertiary/aromatic N) is 1. The summed E-state index contributed by atoms with van der Waals surface area (Å²) in [6.07, 6.45) is 1.01. The Morgan fingerprint density at radius 3 is 2.56 bits per heavy atom. The maximum absolute atomic E-state index is 11.9. The van der Waals surface area contributed by atoms with Gasteiger partial charge in [-0.15, -0.1) is 0 Å². The van der Waals surface area contributed by atoms with Crippen LogP contribution in [0.5, 0.6) is 0 Å². The van der Waals surface area contributed by atoms with Gasteiger partial charge in [-0.05, 0) is 17.2 Å². The quantitative estimate of drug-likeness (QED) is 0.848. The van der Waals surface area contributed by atoms with Gasteiger partial charge in [0.15, 0.2) is 0 Å². The molecular weight excluding hydrogens is 320 g/mol. The lowest BCUT2D eigenvalue weighted by Crippen LogP contribution is -2.41. The van der Waals surface area contributed by atoms with Gasteiger partial charge in [-0.25, -0.2) is 9.59 Å². The van der Waals surface area contributed by atoms with E-state index in [1.54, 1.807) is 6.20 Å². The Labute approximate surface area is 145 Å². The molecule has 3 rings (SSSR count). The third-order valence-corrected chi connectivity index (χ3v) is 3.84. The average Bonchev–Trinajstić information content (AvgIpc) is 3.03. The first-order valence-corrected chi connectivity index (χ1v) is 7.83. The van der Waals surface area contributed by atoms with Gasteiger partial charge in [0.2, 0.25) is 0 Å². The lowest BCUT2D eigenvalue weighted by molar-refractivity contribution is -0.139. The molecule has 2 aromatic rings. The number of alkyl carbamates (subject to hydrolysis) is 1. The summed E-state index contributed by atoms with van der Waals surface area (Å²) < 4.78 is 5.09. The van der Waals surface area contributed by atoms with Crippen molar-refractivity contribution in [2.75, 3.05) is 0 Å². The number of hydrogen-bond acceptors (Lipinski definition) is 3. The second-order valence-electron chi connectivity index (χ2n) is 5.60. The minimum atomic E-state index is -1.12. The average molecular weight is 337 g/mol. The lowest BCUT2D eigenvalue weighted by Gasteiger charge is -2.15. The molecule has 2 N–H and O–H groups in total. The standard InChI is InChI=1S/C19H17N2O4/c22-18(23)17(10-14-11-20-16-9-5-4-8-15(14)16)21-19(24)25-12-13-6-2-1-3-7-13/h1-9,11,17H,10,12H2,(H,21,24)(H,22,23). The number of carbonyl (C=O) groups excluding carboxylic acids is 1. The topological polar surface area (TPSA) is 89.7 Å². The summed E-state index contributed by atoms with van der Waals surface area (Å²) in [5, 5.41) is 16.0. The number of benzene rings is 2. The smallest absolute Gasteiger partial charge is 0.408 e. The zero-order valence-corrected chi connectivity index (χ0v) is 13.4. The Balaban J connectivity index is 1.59. The maximum atomic E-state index is 11.9. The third kappa shape index (κ3) is 4.17. The molecule has 0 bridgehead atoms. The number of para-hydroxylation sites is 1. The van der Waals surface area contributed by atoms with Crippen molar-refractivity contribution in [3.05, 3.63) is 71.9 Å². The maximum Gasteiger partial charge on any atom is 0.408 e. The van der Waals surface area contributed by atoms with E-state index in [1.165, 1.54) is 0 Å². The summed E-state index contributed by atoms with van der Waals surface area (Å²) in [6, 6.07) is 15.6. The van der Waals surface area contributed by atoms with Gasteiger partial charge in [0.05, 0.1) is 5.69 Å². The summed E-state index contributed by atoms with van der Waals surface area (Å²) in [5.74, 6) is -1.12. The molecule has 2 aromatic carbocycles. The Morgan fingerprint density at radius 2 is 1.80 bits per heavy atom. The third-order valence-electron chi connectivity index (χ3n) is 3.84. The van der Waals surface area contributed by atoms with Crippen LogP contribution in [0.4, 0.5) is 10.5 Å². The van der Waals surface area contributed by atoms with Crippen LogP contribution in [0, 0.1) is 0 Å². The van der Waals surface area contributed by atoms with Gasteiger partial charge in [0, 0.05) is 18.2 Å². The van der Waals surface area contributed by atoms with Crippen LogP contribution < -0.4 is 10.6 Å².